The molecule has 6 heteroatoms. The van der Waals surface area contributed by atoms with Gasteiger partial charge in [-0.2, -0.15) is 0 Å². The summed E-state index contributed by atoms with van der Waals surface area (Å²) in [5.41, 5.74) is 1.95. The summed E-state index contributed by atoms with van der Waals surface area (Å²) >= 11 is 0. The molecule has 126 valence electrons. The van der Waals surface area contributed by atoms with Gasteiger partial charge in [0, 0.05) is 50.5 Å². The average molecular weight is 348 g/mol. The Hall–Kier alpha value is -0.970. The lowest BCUT2D eigenvalue weighted by molar-refractivity contribution is 0.0656. The first-order valence-corrected chi connectivity index (χ1v) is 7.46. The minimum Gasteiger partial charge on any atom is -0.375 e. The van der Waals surface area contributed by atoms with E-state index in [2.05, 4.69) is 31.1 Å². The van der Waals surface area contributed by atoms with Crippen molar-refractivity contribution in [1.29, 1.82) is 0 Å². The molecule has 0 radical (unpaired) electrons. The second-order valence-electron chi connectivity index (χ2n) is 5.52. The minimum atomic E-state index is 0. The Morgan fingerprint density at radius 1 is 1.32 bits per heavy atom. The predicted octanol–water partition coefficient (Wildman–Crippen LogP) is 2.81. The van der Waals surface area contributed by atoms with Crippen LogP contribution in [0.15, 0.2) is 24.3 Å². The van der Waals surface area contributed by atoms with Crippen LogP contribution in [0.4, 0.5) is 5.69 Å². The molecule has 4 nitrogen and oxygen atoms in total. The Bertz CT molecular complexity index is 453. The van der Waals surface area contributed by atoms with Gasteiger partial charge in [-0.1, -0.05) is 6.92 Å². The molecule has 22 heavy (non-hydrogen) atoms. The number of nitrogens with zero attached hydrogens (tertiary/aromatic N) is 2. The lowest BCUT2D eigenvalue weighted by Gasteiger charge is -2.34. The van der Waals surface area contributed by atoms with E-state index in [1.54, 1.807) is 0 Å². The van der Waals surface area contributed by atoms with Crippen LogP contribution in [0.25, 0.3) is 0 Å². The van der Waals surface area contributed by atoms with Crippen LogP contribution in [-0.2, 0) is 0 Å². The first kappa shape index (κ1) is 21.0. The smallest absolute Gasteiger partial charge is 0.254 e. The van der Waals surface area contributed by atoms with Gasteiger partial charge in [0.2, 0.25) is 0 Å². The van der Waals surface area contributed by atoms with Crippen LogP contribution in [-0.4, -0.2) is 50.1 Å². The summed E-state index contributed by atoms with van der Waals surface area (Å²) in [6.45, 7) is 7.84. The van der Waals surface area contributed by atoms with Gasteiger partial charge in [-0.3, -0.25) is 4.79 Å². The molecule has 1 amide bonds. The van der Waals surface area contributed by atoms with E-state index in [1.807, 2.05) is 29.2 Å². The predicted molar refractivity (Wildman–Crippen MR) is 97.9 cm³/mol. The van der Waals surface area contributed by atoms with Crippen molar-refractivity contribution in [3.8, 4) is 0 Å². The van der Waals surface area contributed by atoms with Crippen LogP contribution in [0.3, 0.4) is 0 Å². The van der Waals surface area contributed by atoms with Gasteiger partial charge >= 0.3 is 0 Å². The number of carbonyl (C=O) groups excluding carboxylic acids is 1. The van der Waals surface area contributed by atoms with Gasteiger partial charge < -0.3 is 15.1 Å². The van der Waals surface area contributed by atoms with Gasteiger partial charge in [0.1, 0.15) is 0 Å². The maximum absolute atomic E-state index is 12.5. The molecular formula is C16H27Cl2N3O. The zero-order chi connectivity index (χ0) is 14.5. The van der Waals surface area contributed by atoms with E-state index in [0.717, 1.165) is 43.9 Å². The fourth-order valence-electron chi connectivity index (χ4n) is 2.63. The highest BCUT2D eigenvalue weighted by molar-refractivity contribution is 5.94. The highest BCUT2D eigenvalue weighted by Crippen LogP contribution is 2.16. The first-order chi connectivity index (χ1) is 9.63. The van der Waals surface area contributed by atoms with E-state index in [-0.39, 0.29) is 36.8 Å². The van der Waals surface area contributed by atoms with Crippen LogP contribution in [0.1, 0.15) is 30.6 Å². The topological polar surface area (TPSA) is 35.6 Å². The number of benzene rings is 1. The summed E-state index contributed by atoms with van der Waals surface area (Å²) in [5, 5.41) is 3.31. The fourth-order valence-corrected chi connectivity index (χ4v) is 2.63. The van der Waals surface area contributed by atoms with E-state index in [1.165, 1.54) is 0 Å². The van der Waals surface area contributed by atoms with Crippen molar-refractivity contribution in [2.75, 3.05) is 38.1 Å². The van der Waals surface area contributed by atoms with E-state index >= 15 is 0 Å². The van der Waals surface area contributed by atoms with Crippen molar-refractivity contribution in [2.45, 2.75) is 26.3 Å². The van der Waals surface area contributed by atoms with Crippen LogP contribution < -0.4 is 10.2 Å². The van der Waals surface area contributed by atoms with Crippen molar-refractivity contribution in [2.24, 2.45) is 0 Å². The summed E-state index contributed by atoms with van der Waals surface area (Å²) in [4.78, 5) is 16.7. The molecule has 0 spiro atoms. The molecule has 1 N–H and O–H groups in total. The molecular weight excluding hydrogens is 321 g/mol. The Labute approximate surface area is 146 Å². The average Bonchev–Trinajstić information content (AvgIpc) is 2.47. The Balaban J connectivity index is 0.00000220. The van der Waals surface area contributed by atoms with Gasteiger partial charge in [0.25, 0.3) is 5.91 Å². The zero-order valence-electron chi connectivity index (χ0n) is 13.5. The number of nitrogens with one attached hydrogen (secondary N) is 1. The van der Waals surface area contributed by atoms with Gasteiger partial charge in [-0.25, -0.2) is 0 Å². The molecule has 1 aliphatic rings. The van der Waals surface area contributed by atoms with Gasteiger partial charge in [-0.15, -0.1) is 24.8 Å². The molecule has 1 saturated heterocycles. The van der Waals surface area contributed by atoms with Crippen LogP contribution >= 0.6 is 24.8 Å². The minimum absolute atomic E-state index is 0. The number of hydrogen-bond acceptors (Lipinski definition) is 3. The first-order valence-electron chi connectivity index (χ1n) is 7.46. The van der Waals surface area contributed by atoms with Crippen molar-refractivity contribution < 1.29 is 4.79 Å². The van der Waals surface area contributed by atoms with E-state index < -0.39 is 0 Å². The Morgan fingerprint density at radius 2 is 1.95 bits per heavy atom. The second kappa shape index (κ2) is 9.93. The molecule has 0 saturated carbocycles. The quantitative estimate of drug-likeness (QED) is 0.909. The fraction of sp³-hybridized carbons (Fsp3) is 0.562. The highest BCUT2D eigenvalue weighted by Gasteiger charge is 2.23. The summed E-state index contributed by atoms with van der Waals surface area (Å²) < 4.78 is 0. The number of hydrogen-bond donors (Lipinski definition) is 1. The number of piperazine rings is 1. The highest BCUT2D eigenvalue weighted by atomic mass is 35.5. The molecule has 0 aromatic heterocycles. The number of amides is 1. The van der Waals surface area contributed by atoms with Gasteiger partial charge in [-0.05, 0) is 37.6 Å². The molecule has 0 aliphatic carbocycles. The van der Waals surface area contributed by atoms with Crippen LogP contribution in [0.2, 0.25) is 0 Å². The maximum Gasteiger partial charge on any atom is 0.254 e. The van der Waals surface area contributed by atoms with Crippen LogP contribution in [0.5, 0.6) is 0 Å². The standard InChI is InChI=1S/C16H25N3O.2ClH/c1-4-10-18(3)15-7-5-14(6-8-15)16(20)19-11-9-17-12-13(19)2;;/h5-8,13,17H,4,9-12H2,1-3H3;2*1H. The molecule has 1 unspecified atom stereocenters. The summed E-state index contributed by atoms with van der Waals surface area (Å²) in [6.07, 6.45) is 1.12. The molecule has 1 aliphatic heterocycles. The number of halogens is 2. The largest absolute Gasteiger partial charge is 0.375 e. The lowest BCUT2D eigenvalue weighted by atomic mass is 10.1. The lowest BCUT2D eigenvalue weighted by Crippen LogP contribution is -2.52. The second-order valence-corrected chi connectivity index (χ2v) is 5.52. The third kappa shape index (κ3) is 5.04. The van der Waals surface area contributed by atoms with Crippen molar-refractivity contribution in [1.82, 2.24) is 10.2 Å². The van der Waals surface area contributed by atoms with Crippen molar-refractivity contribution in [3.05, 3.63) is 29.8 Å². The maximum atomic E-state index is 12.5. The SMILES string of the molecule is CCCN(C)c1ccc(C(=O)N2CCNCC2C)cc1.Cl.Cl. The van der Waals surface area contributed by atoms with Gasteiger partial charge in [0.05, 0.1) is 0 Å². The monoisotopic (exact) mass is 347 g/mol. The summed E-state index contributed by atoms with van der Waals surface area (Å²) in [6, 6.07) is 8.22. The van der Waals surface area contributed by atoms with Gasteiger partial charge in [0.15, 0.2) is 0 Å². The molecule has 1 heterocycles. The number of carbonyl (C=O) groups is 1. The van der Waals surface area contributed by atoms with Crippen LogP contribution in [0, 0.1) is 0 Å². The number of anilines is 1. The molecule has 1 aromatic rings. The third-order valence-corrected chi connectivity index (χ3v) is 3.88. The third-order valence-electron chi connectivity index (χ3n) is 3.88. The van der Waals surface area contributed by atoms with E-state index in [0.29, 0.717) is 0 Å². The summed E-state index contributed by atoms with van der Waals surface area (Å²) in [7, 11) is 2.08. The summed E-state index contributed by atoms with van der Waals surface area (Å²) in [5.74, 6) is 0.142. The molecule has 1 fully saturated rings. The zero-order valence-corrected chi connectivity index (χ0v) is 15.2. The van der Waals surface area contributed by atoms with E-state index in [9.17, 15) is 4.79 Å². The molecule has 1 aromatic carbocycles. The Kier molecular flexibility index (Phi) is 9.49. The normalized spacial score (nSPS) is 17.2. The van der Waals surface area contributed by atoms with Crippen molar-refractivity contribution >= 4 is 36.4 Å². The molecule has 1 atom stereocenters. The molecule has 0 bridgehead atoms. The molecule has 2 rings (SSSR count). The van der Waals surface area contributed by atoms with Crippen molar-refractivity contribution in [3.63, 3.8) is 0 Å². The van der Waals surface area contributed by atoms with E-state index in [4.69, 9.17) is 0 Å². The number of rotatable bonds is 4. The Morgan fingerprint density at radius 3 is 2.50 bits per heavy atom.